The molecule has 0 heterocycles. The van der Waals surface area contributed by atoms with Crippen molar-refractivity contribution >= 4 is 10.8 Å². The van der Waals surface area contributed by atoms with Crippen molar-refractivity contribution in [2.75, 3.05) is 0 Å². The van der Waals surface area contributed by atoms with Crippen LogP contribution < -0.4 is 0 Å². The number of rotatable bonds is 2. The van der Waals surface area contributed by atoms with E-state index in [1.165, 1.54) is 28.5 Å². The predicted molar refractivity (Wildman–Crippen MR) is 82.5 cm³/mol. The standard InChI is InChI=1S/C19H17F/c1-19(2,16-9-11-18(20)12-10-16)17-8-7-14-5-3-4-6-15(14)13-17/h3-13H,1-2H3. The first kappa shape index (κ1) is 12.9. The van der Waals surface area contributed by atoms with Crippen molar-refractivity contribution in [1.29, 1.82) is 0 Å². The Balaban J connectivity index is 2.10. The Morgan fingerprint density at radius 3 is 2.00 bits per heavy atom. The molecule has 3 aromatic carbocycles. The Kier molecular flexibility index (Phi) is 3.06. The molecule has 0 spiro atoms. The molecule has 0 aliphatic heterocycles. The molecule has 0 radical (unpaired) electrons. The van der Waals surface area contributed by atoms with Crippen LogP contribution in [-0.4, -0.2) is 0 Å². The van der Waals surface area contributed by atoms with Crippen LogP contribution in [-0.2, 0) is 5.41 Å². The van der Waals surface area contributed by atoms with Crippen LogP contribution in [0.1, 0.15) is 25.0 Å². The third-order valence-corrected chi connectivity index (χ3v) is 4.04. The highest BCUT2D eigenvalue weighted by Crippen LogP contribution is 2.33. The van der Waals surface area contributed by atoms with E-state index in [0.29, 0.717) is 0 Å². The Morgan fingerprint density at radius 1 is 0.700 bits per heavy atom. The molecule has 0 bridgehead atoms. The van der Waals surface area contributed by atoms with Crippen LogP contribution in [0.4, 0.5) is 4.39 Å². The van der Waals surface area contributed by atoms with Crippen LogP contribution in [0.25, 0.3) is 10.8 Å². The molecule has 3 rings (SSSR count). The molecular formula is C19H17F. The van der Waals surface area contributed by atoms with Gasteiger partial charge in [0.2, 0.25) is 0 Å². The lowest BCUT2D eigenvalue weighted by Crippen LogP contribution is -2.18. The first-order valence-corrected chi connectivity index (χ1v) is 6.83. The molecule has 0 aromatic heterocycles. The topological polar surface area (TPSA) is 0 Å². The van der Waals surface area contributed by atoms with Crippen LogP contribution in [0, 0.1) is 5.82 Å². The molecule has 0 aliphatic carbocycles. The molecule has 0 aliphatic rings. The summed E-state index contributed by atoms with van der Waals surface area (Å²) < 4.78 is 13.1. The number of benzene rings is 3. The van der Waals surface area contributed by atoms with E-state index in [4.69, 9.17) is 0 Å². The van der Waals surface area contributed by atoms with Crippen molar-refractivity contribution in [3.05, 3.63) is 83.7 Å². The Bertz CT molecular complexity index is 739. The number of halogens is 1. The van der Waals surface area contributed by atoms with E-state index in [2.05, 4.69) is 50.2 Å². The Labute approximate surface area is 118 Å². The fourth-order valence-corrected chi connectivity index (χ4v) is 2.61. The van der Waals surface area contributed by atoms with E-state index in [0.717, 1.165) is 5.56 Å². The van der Waals surface area contributed by atoms with Gasteiger partial charge in [-0.1, -0.05) is 68.4 Å². The van der Waals surface area contributed by atoms with E-state index in [1.54, 1.807) is 0 Å². The maximum atomic E-state index is 13.1. The highest BCUT2D eigenvalue weighted by Gasteiger charge is 2.23. The molecule has 0 saturated carbocycles. The normalized spacial score (nSPS) is 11.8. The molecule has 0 amide bonds. The molecule has 0 atom stereocenters. The number of hydrogen-bond donors (Lipinski definition) is 0. The molecule has 0 fully saturated rings. The second kappa shape index (κ2) is 4.75. The van der Waals surface area contributed by atoms with Gasteiger partial charge in [0.15, 0.2) is 0 Å². The predicted octanol–water partition coefficient (Wildman–Crippen LogP) is 5.30. The maximum absolute atomic E-state index is 13.1. The monoisotopic (exact) mass is 264 g/mol. The summed E-state index contributed by atoms with van der Waals surface area (Å²) in [5, 5.41) is 2.48. The third kappa shape index (κ3) is 2.20. The van der Waals surface area contributed by atoms with Gasteiger partial charge < -0.3 is 0 Å². The van der Waals surface area contributed by atoms with Gasteiger partial charge in [0.05, 0.1) is 0 Å². The summed E-state index contributed by atoms with van der Waals surface area (Å²) in [5.41, 5.74) is 2.22. The van der Waals surface area contributed by atoms with E-state index < -0.39 is 0 Å². The first-order chi connectivity index (χ1) is 9.57. The van der Waals surface area contributed by atoms with Crippen LogP contribution in [0.15, 0.2) is 66.7 Å². The fourth-order valence-electron chi connectivity index (χ4n) is 2.61. The van der Waals surface area contributed by atoms with Gasteiger partial charge in [-0.3, -0.25) is 0 Å². The van der Waals surface area contributed by atoms with E-state index in [-0.39, 0.29) is 11.2 Å². The zero-order valence-electron chi connectivity index (χ0n) is 11.7. The van der Waals surface area contributed by atoms with Crippen LogP contribution >= 0.6 is 0 Å². The van der Waals surface area contributed by atoms with Crippen LogP contribution in [0.2, 0.25) is 0 Å². The quantitative estimate of drug-likeness (QED) is 0.589. The molecule has 0 unspecified atom stereocenters. The molecule has 0 nitrogen and oxygen atoms in total. The highest BCUT2D eigenvalue weighted by molar-refractivity contribution is 5.83. The summed E-state index contributed by atoms with van der Waals surface area (Å²) >= 11 is 0. The average Bonchev–Trinajstić information content (AvgIpc) is 2.47. The molecule has 3 aromatic rings. The highest BCUT2D eigenvalue weighted by atomic mass is 19.1. The molecule has 20 heavy (non-hydrogen) atoms. The Hall–Kier alpha value is -2.15. The zero-order valence-corrected chi connectivity index (χ0v) is 11.7. The van der Waals surface area contributed by atoms with Gasteiger partial charge >= 0.3 is 0 Å². The van der Waals surface area contributed by atoms with Crippen molar-refractivity contribution in [1.82, 2.24) is 0 Å². The average molecular weight is 264 g/mol. The molecule has 100 valence electrons. The lowest BCUT2D eigenvalue weighted by atomic mass is 9.77. The first-order valence-electron chi connectivity index (χ1n) is 6.83. The summed E-state index contributed by atoms with van der Waals surface area (Å²) in [5.74, 6) is -0.192. The summed E-state index contributed by atoms with van der Waals surface area (Å²) in [6.45, 7) is 4.34. The summed E-state index contributed by atoms with van der Waals surface area (Å²) in [6.07, 6.45) is 0. The SMILES string of the molecule is CC(C)(c1ccc(F)cc1)c1ccc2ccccc2c1. The summed E-state index contributed by atoms with van der Waals surface area (Å²) in [6, 6.07) is 21.7. The summed E-state index contributed by atoms with van der Waals surface area (Å²) in [4.78, 5) is 0. The van der Waals surface area contributed by atoms with Gasteiger partial charge in [0.25, 0.3) is 0 Å². The van der Waals surface area contributed by atoms with Crippen molar-refractivity contribution in [2.24, 2.45) is 0 Å². The van der Waals surface area contributed by atoms with Crippen molar-refractivity contribution in [3.63, 3.8) is 0 Å². The maximum Gasteiger partial charge on any atom is 0.123 e. The summed E-state index contributed by atoms with van der Waals surface area (Å²) in [7, 11) is 0. The van der Waals surface area contributed by atoms with Gasteiger partial charge in [0.1, 0.15) is 5.82 Å². The van der Waals surface area contributed by atoms with Crippen molar-refractivity contribution in [3.8, 4) is 0 Å². The second-order valence-corrected chi connectivity index (χ2v) is 5.69. The van der Waals surface area contributed by atoms with E-state index >= 15 is 0 Å². The molecule has 0 N–H and O–H groups in total. The van der Waals surface area contributed by atoms with Crippen LogP contribution in [0.3, 0.4) is 0 Å². The van der Waals surface area contributed by atoms with Crippen LogP contribution in [0.5, 0.6) is 0 Å². The number of fused-ring (bicyclic) bond motifs is 1. The minimum absolute atomic E-state index is 0.141. The molecule has 0 saturated heterocycles. The Morgan fingerprint density at radius 2 is 1.30 bits per heavy atom. The van der Waals surface area contributed by atoms with E-state index in [1.807, 2.05) is 18.2 Å². The zero-order chi connectivity index (χ0) is 14.2. The molecular weight excluding hydrogens is 247 g/mol. The number of hydrogen-bond acceptors (Lipinski definition) is 0. The third-order valence-electron chi connectivity index (χ3n) is 4.04. The van der Waals surface area contributed by atoms with Crippen molar-refractivity contribution in [2.45, 2.75) is 19.3 Å². The largest absolute Gasteiger partial charge is 0.207 e. The van der Waals surface area contributed by atoms with Gasteiger partial charge in [-0.15, -0.1) is 0 Å². The fraction of sp³-hybridized carbons (Fsp3) is 0.158. The van der Waals surface area contributed by atoms with Gasteiger partial charge in [0, 0.05) is 5.41 Å². The second-order valence-electron chi connectivity index (χ2n) is 5.69. The van der Waals surface area contributed by atoms with Crippen molar-refractivity contribution < 1.29 is 4.39 Å². The smallest absolute Gasteiger partial charge is 0.123 e. The van der Waals surface area contributed by atoms with Gasteiger partial charge in [-0.2, -0.15) is 0 Å². The minimum Gasteiger partial charge on any atom is -0.207 e. The van der Waals surface area contributed by atoms with Gasteiger partial charge in [-0.25, -0.2) is 4.39 Å². The molecule has 1 heteroatoms. The lowest BCUT2D eigenvalue weighted by Gasteiger charge is -2.26. The van der Waals surface area contributed by atoms with Gasteiger partial charge in [-0.05, 0) is 34.0 Å². The van der Waals surface area contributed by atoms with E-state index in [9.17, 15) is 4.39 Å². The minimum atomic E-state index is -0.192. The lowest BCUT2D eigenvalue weighted by molar-refractivity contribution is 0.614.